The van der Waals surface area contributed by atoms with E-state index in [1.165, 1.54) is 22.8 Å². The Hall–Kier alpha value is -2.47. The fraction of sp³-hybridized carbons (Fsp3) is 0.571. The molecule has 0 fully saturated rings. The quantitative estimate of drug-likeness (QED) is 0.162. The van der Waals surface area contributed by atoms with Crippen molar-refractivity contribution < 1.29 is 21.1 Å². The van der Waals surface area contributed by atoms with E-state index in [4.69, 9.17) is 0 Å². The molecule has 4 heterocycles. The number of hydrogen-bond acceptors (Lipinski definition) is 4. The molecule has 0 radical (unpaired) electrons. The van der Waals surface area contributed by atoms with Gasteiger partial charge in [-0.3, -0.25) is 20.4 Å². The zero-order valence-corrected chi connectivity index (χ0v) is 27.0. The number of aromatic nitrogens is 8. The van der Waals surface area contributed by atoms with Crippen molar-refractivity contribution in [3.63, 3.8) is 0 Å². The molecular weight excluding hydrogens is 643 g/mol. The fourth-order valence-corrected chi connectivity index (χ4v) is 2.69. The number of rotatable bonds is 0. The predicted octanol–water partition coefficient (Wildman–Crippen LogP) is 6.83. The van der Waals surface area contributed by atoms with E-state index in [1.807, 2.05) is 24.3 Å². The topological polar surface area (TPSA) is 115 Å². The maximum Gasteiger partial charge on any atom is 0.0490 e. The van der Waals surface area contributed by atoms with Gasteiger partial charge in [0.05, 0.1) is 0 Å². The summed E-state index contributed by atoms with van der Waals surface area (Å²) in [4.78, 5) is 0. The zero-order chi connectivity index (χ0) is 27.6. The van der Waals surface area contributed by atoms with Gasteiger partial charge in [-0.05, 0) is 24.3 Å². The third kappa shape index (κ3) is 13.6. The van der Waals surface area contributed by atoms with Crippen LogP contribution in [-0.2, 0) is 42.7 Å². The van der Waals surface area contributed by atoms with E-state index in [9.17, 15) is 0 Å². The molecule has 37 heavy (non-hydrogen) atoms. The largest absolute Gasteiger partial charge is 0.282 e. The second kappa shape index (κ2) is 14.5. The Morgan fingerprint density at radius 3 is 0.595 bits per heavy atom. The van der Waals surface area contributed by atoms with Gasteiger partial charge in [-0.1, -0.05) is 83.1 Å². The van der Waals surface area contributed by atoms with E-state index in [-0.39, 0.29) is 42.7 Å². The fourth-order valence-electron chi connectivity index (χ4n) is 2.69. The van der Waals surface area contributed by atoms with Crippen LogP contribution in [0.3, 0.4) is 0 Å². The molecule has 0 aliphatic heterocycles. The summed E-state index contributed by atoms with van der Waals surface area (Å²) in [7, 11) is 0. The molecule has 4 rings (SSSR count). The van der Waals surface area contributed by atoms with Gasteiger partial charge in [0.1, 0.15) is 0 Å². The Bertz CT molecular complexity index is 861. The first-order chi connectivity index (χ1) is 16.4. The Morgan fingerprint density at radius 2 is 0.541 bits per heavy atom. The molecule has 0 saturated carbocycles. The molecule has 8 nitrogen and oxygen atoms in total. The average Bonchev–Trinajstić information content (AvgIpc) is 3.57. The van der Waals surface area contributed by atoms with Gasteiger partial charge in [-0.25, -0.2) is 0 Å². The van der Waals surface area contributed by atoms with Gasteiger partial charge in [0.15, 0.2) is 0 Å². The summed E-state index contributed by atoms with van der Waals surface area (Å²) in [6.07, 6.45) is 7.11. The van der Waals surface area contributed by atoms with Gasteiger partial charge in [0, 0.05) is 90.3 Å². The van der Waals surface area contributed by atoms with Crippen LogP contribution in [0.4, 0.5) is 0 Å². The minimum atomic E-state index is 0. The monoisotopic (exact) mass is 691 g/mol. The van der Waals surface area contributed by atoms with Crippen molar-refractivity contribution in [1.29, 1.82) is 0 Å². The van der Waals surface area contributed by atoms with Gasteiger partial charge < -0.3 is 0 Å². The van der Waals surface area contributed by atoms with Crippen molar-refractivity contribution in [1.82, 2.24) is 40.8 Å². The number of H-pyrrole nitrogens is 4. The Labute approximate surface area is 237 Å². The van der Waals surface area contributed by atoms with Gasteiger partial charge in [-0.15, -0.1) is 0 Å². The molecule has 0 saturated heterocycles. The van der Waals surface area contributed by atoms with Crippen LogP contribution in [0.1, 0.15) is 106 Å². The molecule has 0 bridgehead atoms. The van der Waals surface area contributed by atoms with Gasteiger partial charge in [-0.2, -0.15) is 20.4 Å². The summed E-state index contributed by atoms with van der Waals surface area (Å²) in [5, 5.41) is 27.2. The van der Waals surface area contributed by atoms with E-state index in [1.54, 1.807) is 24.8 Å². The van der Waals surface area contributed by atoms with Crippen LogP contribution in [-0.4, -0.2) is 40.8 Å². The minimum Gasteiger partial charge on any atom is -0.282 e. The molecule has 0 atom stereocenters. The van der Waals surface area contributed by atoms with Crippen LogP contribution in [0.5, 0.6) is 0 Å². The molecule has 4 N–H and O–H groups in total. The molecule has 0 aromatic carbocycles. The number of hydrogen-bond donors (Lipinski definition) is 4. The summed E-state index contributed by atoms with van der Waals surface area (Å²) >= 11 is 0. The molecule has 210 valence electrons. The predicted molar refractivity (Wildman–Crippen MR) is 149 cm³/mol. The van der Waals surface area contributed by atoms with E-state index >= 15 is 0 Å². The second-order valence-electron chi connectivity index (χ2n) is 12.9. The van der Waals surface area contributed by atoms with E-state index in [0.717, 1.165) is 0 Å². The first-order valence-electron chi connectivity index (χ1n) is 12.4. The van der Waals surface area contributed by atoms with Gasteiger partial charge >= 0.3 is 0 Å². The molecule has 4 aromatic heterocycles. The third-order valence-corrected chi connectivity index (χ3v) is 5.24. The molecule has 0 aliphatic rings. The normalized spacial score (nSPS) is 11.6. The first kappa shape index (κ1) is 34.5. The average molecular weight is 692 g/mol. The van der Waals surface area contributed by atoms with Crippen LogP contribution in [0.15, 0.2) is 49.1 Å². The number of aromatic amines is 4. The van der Waals surface area contributed by atoms with Gasteiger partial charge in [0.2, 0.25) is 0 Å². The minimum absolute atomic E-state index is 0. The first-order valence-corrected chi connectivity index (χ1v) is 12.4. The standard InChI is InChI=1S/4C7H12N2.Pt/c4*1-7(2,3)6-4-5-8-9-6;/h4*4-5H,1-3H3,(H,8,9);. The maximum absolute atomic E-state index is 3.86. The maximum atomic E-state index is 3.86. The molecule has 9 heteroatoms. The number of nitrogens with one attached hydrogen (secondary N) is 4. The molecule has 0 unspecified atom stereocenters. The smallest absolute Gasteiger partial charge is 0.0490 e. The summed E-state index contributed by atoms with van der Waals surface area (Å²) in [5.41, 5.74) is 5.55. The van der Waals surface area contributed by atoms with Crippen LogP contribution in [0, 0.1) is 0 Å². The van der Waals surface area contributed by atoms with E-state index < -0.39 is 0 Å². The van der Waals surface area contributed by atoms with E-state index in [2.05, 4.69) is 124 Å². The molecule has 0 amide bonds. The van der Waals surface area contributed by atoms with Crippen LogP contribution < -0.4 is 0 Å². The molecule has 0 spiro atoms. The third-order valence-electron chi connectivity index (χ3n) is 5.24. The summed E-state index contributed by atoms with van der Waals surface area (Å²) < 4.78 is 0. The molecule has 0 aliphatic carbocycles. The Kier molecular flexibility index (Phi) is 13.5. The zero-order valence-electron chi connectivity index (χ0n) is 24.7. The Morgan fingerprint density at radius 1 is 0.378 bits per heavy atom. The van der Waals surface area contributed by atoms with Crippen molar-refractivity contribution in [3.05, 3.63) is 71.8 Å². The van der Waals surface area contributed by atoms with Crippen molar-refractivity contribution in [2.45, 2.75) is 105 Å². The van der Waals surface area contributed by atoms with Crippen molar-refractivity contribution in [2.75, 3.05) is 0 Å². The van der Waals surface area contributed by atoms with Crippen molar-refractivity contribution in [3.8, 4) is 0 Å². The van der Waals surface area contributed by atoms with Crippen LogP contribution in [0.25, 0.3) is 0 Å². The summed E-state index contributed by atoms with van der Waals surface area (Å²) in [5.74, 6) is 0. The Balaban J connectivity index is 0.000000463. The summed E-state index contributed by atoms with van der Waals surface area (Å²) in [6, 6.07) is 8.00. The summed E-state index contributed by atoms with van der Waals surface area (Å²) in [6.45, 7) is 25.8. The molecular formula is C28H48N8Pt. The molecule has 4 aromatic rings. The number of nitrogens with zero attached hydrogens (tertiary/aromatic N) is 4. The van der Waals surface area contributed by atoms with Crippen LogP contribution >= 0.6 is 0 Å². The van der Waals surface area contributed by atoms with Crippen molar-refractivity contribution >= 4 is 0 Å². The van der Waals surface area contributed by atoms with Crippen LogP contribution in [0.2, 0.25) is 0 Å². The SMILES string of the molecule is CC(C)(C)c1ccn[nH]1.CC(C)(C)c1ccn[nH]1.CC(C)(C)c1ccn[nH]1.CC(C)(C)c1ccn[nH]1.[Pt]. The van der Waals surface area contributed by atoms with E-state index in [0.29, 0.717) is 0 Å². The van der Waals surface area contributed by atoms with Gasteiger partial charge in [0.25, 0.3) is 0 Å². The second-order valence-corrected chi connectivity index (χ2v) is 12.9. The van der Waals surface area contributed by atoms with Crippen molar-refractivity contribution in [2.24, 2.45) is 0 Å².